The van der Waals surface area contributed by atoms with Crippen LogP contribution in [-0.2, 0) is 6.42 Å². The minimum Gasteiger partial charge on any atom is -0.435 e. The molecule has 5 heteroatoms. The number of aromatic nitrogens is 2. The van der Waals surface area contributed by atoms with Crippen LogP contribution in [-0.4, -0.2) is 16.6 Å². The van der Waals surface area contributed by atoms with Crippen LogP contribution in [0.5, 0.6) is 5.75 Å². The Morgan fingerprint density at radius 2 is 1.39 bits per heavy atom. The van der Waals surface area contributed by atoms with Crippen molar-refractivity contribution >= 4 is 0 Å². The lowest BCUT2D eigenvalue weighted by atomic mass is 9.78. The topological polar surface area (TPSA) is 35.0 Å². The highest BCUT2D eigenvalue weighted by Crippen LogP contribution is 2.34. The molecule has 1 heterocycles. The normalized spacial score (nSPS) is 18.5. The number of rotatable bonds is 14. The molecule has 0 bridgehead atoms. The number of hydrogen-bond acceptors (Lipinski definition) is 3. The second-order valence-electron chi connectivity index (χ2n) is 9.65. The van der Waals surface area contributed by atoms with Crippen LogP contribution in [0.3, 0.4) is 0 Å². The van der Waals surface area contributed by atoms with Gasteiger partial charge in [-0.15, -0.1) is 0 Å². The molecule has 3 nitrogen and oxygen atoms in total. The number of benzene rings is 1. The van der Waals surface area contributed by atoms with Crippen LogP contribution in [0.1, 0.15) is 96.0 Å². The SMILES string of the molecule is CCCCCCCCCC1CCC(CCc2cnc(-c3ccc(OC(F)F)cc3)nc2)CC1. The maximum absolute atomic E-state index is 12.3. The molecule has 1 saturated carbocycles. The number of ether oxygens (including phenoxy) is 1. The van der Waals surface area contributed by atoms with Gasteiger partial charge in [0, 0.05) is 18.0 Å². The summed E-state index contributed by atoms with van der Waals surface area (Å²) < 4.78 is 28.9. The third kappa shape index (κ3) is 9.38. The summed E-state index contributed by atoms with van der Waals surface area (Å²) in [6, 6.07) is 6.45. The number of hydrogen-bond donors (Lipinski definition) is 0. The van der Waals surface area contributed by atoms with Crippen LogP contribution in [0.2, 0.25) is 0 Å². The van der Waals surface area contributed by atoms with Crippen molar-refractivity contribution in [2.75, 3.05) is 0 Å². The standard InChI is InChI=1S/C28H40F2N2O/c1-2-3-4-5-6-7-8-9-22-10-12-23(13-11-22)14-15-24-20-31-27(32-21-24)25-16-18-26(19-17-25)33-28(29)30/h16-23,28H,2-15H2,1H3. The molecule has 1 fully saturated rings. The minimum atomic E-state index is -2.81. The van der Waals surface area contributed by atoms with Gasteiger partial charge in [0.2, 0.25) is 0 Å². The highest BCUT2D eigenvalue weighted by Gasteiger charge is 2.20. The van der Waals surface area contributed by atoms with Gasteiger partial charge in [-0.3, -0.25) is 0 Å². The van der Waals surface area contributed by atoms with Crippen molar-refractivity contribution in [1.29, 1.82) is 0 Å². The molecule has 0 atom stereocenters. The molecule has 0 amide bonds. The number of nitrogens with zero attached hydrogens (tertiary/aromatic N) is 2. The molecule has 0 unspecified atom stereocenters. The van der Waals surface area contributed by atoms with Crippen molar-refractivity contribution in [1.82, 2.24) is 9.97 Å². The summed E-state index contributed by atoms with van der Waals surface area (Å²) >= 11 is 0. The van der Waals surface area contributed by atoms with Gasteiger partial charge in [-0.2, -0.15) is 8.78 Å². The molecule has 2 aromatic rings. The van der Waals surface area contributed by atoms with Crippen molar-refractivity contribution in [3.8, 4) is 17.1 Å². The Morgan fingerprint density at radius 1 is 0.818 bits per heavy atom. The molecule has 33 heavy (non-hydrogen) atoms. The second-order valence-corrected chi connectivity index (χ2v) is 9.65. The first-order chi connectivity index (χ1) is 16.1. The predicted octanol–water partition coefficient (Wildman–Crippen LogP) is 8.62. The zero-order valence-electron chi connectivity index (χ0n) is 20.2. The van der Waals surface area contributed by atoms with Gasteiger partial charge >= 0.3 is 6.61 Å². The largest absolute Gasteiger partial charge is 0.435 e. The van der Waals surface area contributed by atoms with Gasteiger partial charge < -0.3 is 4.74 Å². The molecule has 0 radical (unpaired) electrons. The van der Waals surface area contributed by atoms with Crippen molar-refractivity contribution in [3.05, 3.63) is 42.2 Å². The molecule has 0 spiro atoms. The van der Waals surface area contributed by atoms with E-state index in [1.165, 1.54) is 101 Å². The lowest BCUT2D eigenvalue weighted by molar-refractivity contribution is -0.0498. The van der Waals surface area contributed by atoms with Gasteiger partial charge in [-0.1, -0.05) is 84.0 Å². The molecular formula is C28H40F2N2O. The quantitative estimate of drug-likeness (QED) is 0.266. The lowest BCUT2D eigenvalue weighted by Gasteiger charge is -2.28. The van der Waals surface area contributed by atoms with Crippen molar-refractivity contribution in [3.63, 3.8) is 0 Å². The maximum atomic E-state index is 12.3. The molecule has 0 N–H and O–H groups in total. The van der Waals surface area contributed by atoms with Crippen LogP contribution in [0.4, 0.5) is 8.78 Å². The van der Waals surface area contributed by atoms with Gasteiger partial charge in [0.1, 0.15) is 5.75 Å². The monoisotopic (exact) mass is 458 g/mol. The molecule has 1 aliphatic carbocycles. The van der Waals surface area contributed by atoms with Crippen molar-refractivity contribution in [2.45, 2.75) is 103 Å². The van der Waals surface area contributed by atoms with Gasteiger partial charge in [0.15, 0.2) is 5.82 Å². The van der Waals surface area contributed by atoms with Gasteiger partial charge in [-0.05, 0) is 54.5 Å². The average molecular weight is 459 g/mol. The molecule has 0 saturated heterocycles. The Morgan fingerprint density at radius 3 is 2.00 bits per heavy atom. The van der Waals surface area contributed by atoms with E-state index in [1.54, 1.807) is 12.1 Å². The first-order valence-electron chi connectivity index (χ1n) is 13.0. The van der Waals surface area contributed by atoms with Gasteiger partial charge in [0.25, 0.3) is 0 Å². The summed E-state index contributed by atoms with van der Waals surface area (Å²) in [5.74, 6) is 2.53. The van der Waals surface area contributed by atoms with Crippen LogP contribution in [0.15, 0.2) is 36.7 Å². The number of halogens is 2. The van der Waals surface area contributed by atoms with E-state index in [4.69, 9.17) is 0 Å². The van der Waals surface area contributed by atoms with E-state index in [2.05, 4.69) is 21.6 Å². The Balaban J connectivity index is 1.32. The molecule has 182 valence electrons. The zero-order chi connectivity index (χ0) is 23.3. The molecular weight excluding hydrogens is 418 g/mol. The first kappa shape index (κ1) is 25.6. The highest BCUT2D eigenvalue weighted by atomic mass is 19.3. The molecule has 1 aliphatic rings. The fourth-order valence-electron chi connectivity index (χ4n) is 4.99. The minimum absolute atomic E-state index is 0.141. The van der Waals surface area contributed by atoms with Crippen LogP contribution in [0, 0.1) is 11.8 Å². The summed E-state index contributed by atoms with van der Waals surface area (Å²) in [4.78, 5) is 8.96. The zero-order valence-corrected chi connectivity index (χ0v) is 20.2. The Hall–Kier alpha value is -2.04. The predicted molar refractivity (Wildman–Crippen MR) is 130 cm³/mol. The van der Waals surface area contributed by atoms with Crippen molar-refractivity contribution in [2.24, 2.45) is 11.8 Å². The van der Waals surface area contributed by atoms with E-state index in [1.807, 2.05) is 12.4 Å². The number of aryl methyl sites for hydroxylation is 1. The number of unbranched alkanes of at least 4 members (excludes halogenated alkanes) is 6. The third-order valence-electron chi connectivity index (χ3n) is 7.07. The Bertz CT molecular complexity index is 771. The van der Waals surface area contributed by atoms with Crippen LogP contribution in [0.25, 0.3) is 11.4 Å². The fraction of sp³-hybridized carbons (Fsp3) is 0.643. The van der Waals surface area contributed by atoms with Crippen LogP contribution < -0.4 is 4.74 Å². The summed E-state index contributed by atoms with van der Waals surface area (Å²) in [7, 11) is 0. The van der Waals surface area contributed by atoms with Gasteiger partial charge in [-0.25, -0.2) is 9.97 Å². The second kappa shape index (κ2) is 14.3. The summed E-state index contributed by atoms with van der Waals surface area (Å²) in [5.41, 5.74) is 1.96. The summed E-state index contributed by atoms with van der Waals surface area (Å²) in [6.45, 7) is -0.535. The fourth-order valence-corrected chi connectivity index (χ4v) is 4.99. The van der Waals surface area contributed by atoms with E-state index < -0.39 is 6.61 Å². The maximum Gasteiger partial charge on any atom is 0.387 e. The first-order valence-corrected chi connectivity index (χ1v) is 13.0. The molecule has 1 aromatic heterocycles. The Kier molecular flexibility index (Phi) is 11.1. The highest BCUT2D eigenvalue weighted by molar-refractivity contribution is 5.55. The van der Waals surface area contributed by atoms with Gasteiger partial charge in [0.05, 0.1) is 0 Å². The lowest BCUT2D eigenvalue weighted by Crippen LogP contribution is -2.15. The van der Waals surface area contributed by atoms with E-state index in [-0.39, 0.29) is 5.75 Å². The average Bonchev–Trinajstić information content (AvgIpc) is 2.83. The Labute approximate surface area is 198 Å². The molecule has 3 rings (SSSR count). The summed E-state index contributed by atoms with van der Waals surface area (Å²) in [5, 5.41) is 0. The van der Waals surface area contributed by atoms with E-state index in [0.717, 1.165) is 23.8 Å². The van der Waals surface area contributed by atoms with E-state index in [9.17, 15) is 8.78 Å². The third-order valence-corrected chi connectivity index (χ3v) is 7.07. The molecule has 0 aliphatic heterocycles. The van der Waals surface area contributed by atoms with Crippen LogP contribution >= 0.6 is 0 Å². The smallest absolute Gasteiger partial charge is 0.387 e. The van der Waals surface area contributed by atoms with Crippen molar-refractivity contribution < 1.29 is 13.5 Å². The summed E-state index contributed by atoms with van der Waals surface area (Å²) in [6.07, 6.45) is 22.9. The van der Waals surface area contributed by atoms with E-state index in [0.29, 0.717) is 5.82 Å². The number of alkyl halides is 2. The molecule has 1 aromatic carbocycles. The van der Waals surface area contributed by atoms with E-state index >= 15 is 0 Å².